The van der Waals surface area contributed by atoms with E-state index in [1.165, 1.54) is 6.92 Å². The molecular formula is C38H60O12. The molecule has 3 saturated carbocycles. The van der Waals surface area contributed by atoms with Crippen molar-refractivity contribution in [3.8, 4) is 0 Å². The first-order valence-electron chi connectivity index (χ1n) is 18.6. The molecule has 4 aliphatic carbocycles. The molecule has 6 rings (SSSR count). The topological polar surface area (TPSA) is 192 Å². The van der Waals surface area contributed by atoms with E-state index in [1.54, 1.807) is 0 Å². The Morgan fingerprint density at radius 1 is 0.980 bits per heavy atom. The number of carbonyl (C=O) groups is 2. The molecule has 2 saturated heterocycles. The van der Waals surface area contributed by atoms with Gasteiger partial charge in [-0.2, -0.15) is 0 Å². The van der Waals surface area contributed by atoms with Crippen LogP contribution in [0.15, 0.2) is 11.6 Å². The summed E-state index contributed by atoms with van der Waals surface area (Å²) in [5, 5.41) is 64.6. The van der Waals surface area contributed by atoms with Gasteiger partial charge in [0.1, 0.15) is 36.6 Å². The predicted molar refractivity (Wildman–Crippen MR) is 179 cm³/mol. The lowest BCUT2D eigenvalue weighted by Gasteiger charge is -2.71. The maximum absolute atomic E-state index is 13.4. The first-order valence-corrected chi connectivity index (χ1v) is 18.6. The van der Waals surface area contributed by atoms with Crippen LogP contribution in [0, 0.1) is 56.7 Å². The van der Waals surface area contributed by atoms with Gasteiger partial charge in [0.05, 0.1) is 19.1 Å². The van der Waals surface area contributed by atoms with Crippen molar-refractivity contribution in [2.24, 2.45) is 56.7 Å². The Hall–Kier alpha value is -1.64. The number of hydrogen-bond acceptors (Lipinski definition) is 11. The summed E-state index contributed by atoms with van der Waals surface area (Å²) in [7, 11) is 0. The number of fused-ring (bicyclic) bond motifs is 3. The number of esters is 1. The number of ether oxygens (including phenoxy) is 4. The Labute approximate surface area is 295 Å². The number of aliphatic hydroxyl groups is 5. The van der Waals surface area contributed by atoms with Crippen molar-refractivity contribution in [1.29, 1.82) is 0 Å². The number of carbonyl (C=O) groups excluding carboxylic acids is 1. The number of allylic oxidation sites excluding steroid dienone is 1. The highest BCUT2D eigenvalue weighted by Crippen LogP contribution is 2.75. The number of rotatable bonds is 7. The van der Waals surface area contributed by atoms with Gasteiger partial charge in [0.25, 0.3) is 0 Å². The van der Waals surface area contributed by atoms with Gasteiger partial charge in [-0.3, -0.25) is 9.59 Å². The van der Waals surface area contributed by atoms with Gasteiger partial charge < -0.3 is 49.6 Å². The molecule has 17 atom stereocenters. The Morgan fingerprint density at radius 3 is 2.26 bits per heavy atom. The summed E-state index contributed by atoms with van der Waals surface area (Å²) in [4.78, 5) is 26.1. The molecule has 0 aromatic carbocycles. The number of carboxylic acids is 1. The zero-order valence-corrected chi connectivity index (χ0v) is 30.9. The van der Waals surface area contributed by atoms with E-state index < -0.39 is 101 Å². The van der Waals surface area contributed by atoms with E-state index in [4.69, 9.17) is 18.9 Å². The molecule has 2 heterocycles. The SMILES string of the molecule is CC(=O)O[C@@H]1C[C@]23C4=CC[C@@]5(C)[C@H](C(=O)O)[C@@](C)(C(C)C(C)C)CC[C@]5(C)[C@H]4CC[C@H]2[C@@](C)(COC3O)[C@H]1O[C@@H]1O[C@H](CO)[C@@H](O)[C@H](O)[C@H]1O. The van der Waals surface area contributed by atoms with Crippen molar-refractivity contribution in [3.05, 3.63) is 11.6 Å². The van der Waals surface area contributed by atoms with Gasteiger partial charge in [0.15, 0.2) is 12.6 Å². The molecule has 0 spiro atoms. The molecule has 0 aromatic heterocycles. The molecule has 2 bridgehead atoms. The van der Waals surface area contributed by atoms with Crippen molar-refractivity contribution in [1.82, 2.24) is 0 Å². The van der Waals surface area contributed by atoms with Gasteiger partial charge in [-0.25, -0.2) is 0 Å². The number of aliphatic carboxylic acids is 1. The largest absolute Gasteiger partial charge is 0.481 e. The number of carboxylic acid groups (broad SMARTS) is 1. The van der Waals surface area contributed by atoms with Crippen LogP contribution in [0.3, 0.4) is 0 Å². The molecule has 6 N–H and O–H groups in total. The molecule has 5 fully saturated rings. The number of aliphatic hydroxyl groups excluding tert-OH is 5. The summed E-state index contributed by atoms with van der Waals surface area (Å²) in [5.41, 5.74) is -2.15. The minimum Gasteiger partial charge on any atom is -0.481 e. The summed E-state index contributed by atoms with van der Waals surface area (Å²) in [5.74, 6) is -1.61. The van der Waals surface area contributed by atoms with E-state index in [1.807, 2.05) is 6.92 Å². The number of hydrogen-bond donors (Lipinski definition) is 6. The summed E-state index contributed by atoms with van der Waals surface area (Å²) in [6.45, 7) is 15.8. The monoisotopic (exact) mass is 708 g/mol. The van der Waals surface area contributed by atoms with E-state index in [-0.39, 0.29) is 30.8 Å². The van der Waals surface area contributed by atoms with Crippen LogP contribution < -0.4 is 0 Å². The van der Waals surface area contributed by atoms with Crippen LogP contribution in [-0.4, -0.2) is 105 Å². The van der Waals surface area contributed by atoms with Crippen molar-refractivity contribution in [2.75, 3.05) is 13.2 Å². The van der Waals surface area contributed by atoms with Crippen molar-refractivity contribution in [2.45, 2.75) is 143 Å². The molecular weight excluding hydrogens is 648 g/mol. The third-order valence-corrected chi connectivity index (χ3v) is 15.6. The van der Waals surface area contributed by atoms with Gasteiger partial charge in [-0.05, 0) is 72.0 Å². The van der Waals surface area contributed by atoms with Crippen LogP contribution in [0.1, 0.15) is 93.9 Å². The van der Waals surface area contributed by atoms with Crippen LogP contribution >= 0.6 is 0 Å². The average molecular weight is 709 g/mol. The Morgan fingerprint density at radius 2 is 1.66 bits per heavy atom. The molecule has 0 radical (unpaired) electrons. The lowest BCUT2D eigenvalue weighted by molar-refractivity contribution is -0.369. The lowest BCUT2D eigenvalue weighted by Crippen LogP contribution is -2.73. The van der Waals surface area contributed by atoms with E-state index in [0.717, 1.165) is 24.8 Å². The second kappa shape index (κ2) is 12.7. The fourth-order valence-electron chi connectivity index (χ4n) is 12.5. The molecule has 0 amide bonds. The van der Waals surface area contributed by atoms with Crippen molar-refractivity contribution >= 4 is 11.9 Å². The van der Waals surface area contributed by atoms with Crippen LogP contribution in [0.4, 0.5) is 0 Å². The van der Waals surface area contributed by atoms with Gasteiger partial charge in [-0.15, -0.1) is 0 Å². The molecule has 0 aromatic rings. The quantitative estimate of drug-likeness (QED) is 0.129. The predicted octanol–water partition coefficient (Wildman–Crippen LogP) is 3.01. The molecule has 284 valence electrons. The third kappa shape index (κ3) is 5.13. The smallest absolute Gasteiger partial charge is 0.307 e. The molecule has 12 heteroatoms. The highest BCUT2D eigenvalue weighted by molar-refractivity contribution is 5.73. The van der Waals surface area contributed by atoms with Crippen LogP contribution in [0.2, 0.25) is 0 Å². The van der Waals surface area contributed by atoms with Gasteiger partial charge >= 0.3 is 11.9 Å². The zero-order chi connectivity index (χ0) is 36.9. The summed E-state index contributed by atoms with van der Waals surface area (Å²) in [6.07, 6.45) is -4.59. The molecule has 6 aliphatic rings. The van der Waals surface area contributed by atoms with E-state index in [2.05, 4.69) is 47.6 Å². The fourth-order valence-corrected chi connectivity index (χ4v) is 12.5. The molecule has 50 heavy (non-hydrogen) atoms. The Balaban J connectivity index is 1.42. The Bertz CT molecular complexity index is 1370. The second-order valence-corrected chi connectivity index (χ2v) is 18.0. The average Bonchev–Trinajstić information content (AvgIpc) is 3.04. The van der Waals surface area contributed by atoms with Crippen LogP contribution in [0.25, 0.3) is 0 Å². The zero-order valence-electron chi connectivity index (χ0n) is 30.9. The molecule has 2 unspecified atom stereocenters. The standard InChI is InChI=1S/C38H60O12/c1-18(2)19(3)34(5)13-14-36(7)21-9-10-25-35(6)17-47-33(46)38(25,22(21)11-12-37(36,8)29(34)31(44)45)15-23(48-20(4)40)30(35)50-32-28(43)27(42)26(41)24(16-39)49-32/h11,18-19,21,23-30,32-33,39,41-43,46H,9-10,12-17H2,1-8H3,(H,44,45)/t19?,21-,23+,24+,25-,26+,27-,28+,29+,30-,32-,33?,34+,35+,36+,37-,38-/m0/s1. The minimum absolute atomic E-state index is 0.0419. The lowest BCUT2D eigenvalue weighted by atomic mass is 9.34. The van der Waals surface area contributed by atoms with E-state index in [0.29, 0.717) is 18.8 Å². The Kier molecular flexibility index (Phi) is 9.71. The van der Waals surface area contributed by atoms with Gasteiger partial charge in [-0.1, -0.05) is 60.1 Å². The first-order chi connectivity index (χ1) is 23.2. The maximum Gasteiger partial charge on any atom is 0.307 e. The summed E-state index contributed by atoms with van der Waals surface area (Å²) >= 11 is 0. The first kappa shape index (κ1) is 38.1. The van der Waals surface area contributed by atoms with Crippen LogP contribution in [-0.2, 0) is 28.5 Å². The molecule has 12 nitrogen and oxygen atoms in total. The van der Waals surface area contributed by atoms with E-state index >= 15 is 0 Å². The highest BCUT2D eigenvalue weighted by atomic mass is 16.7. The molecule has 2 aliphatic heterocycles. The third-order valence-electron chi connectivity index (χ3n) is 15.6. The normalized spacial score (nSPS) is 52.2. The van der Waals surface area contributed by atoms with Gasteiger partial charge in [0, 0.05) is 24.2 Å². The fraction of sp³-hybridized carbons (Fsp3) is 0.895. The second-order valence-electron chi connectivity index (χ2n) is 18.0. The summed E-state index contributed by atoms with van der Waals surface area (Å²) in [6, 6.07) is 0. The highest BCUT2D eigenvalue weighted by Gasteiger charge is 2.74. The van der Waals surface area contributed by atoms with Crippen molar-refractivity contribution < 1.29 is 59.2 Å². The van der Waals surface area contributed by atoms with Gasteiger partial charge in [0.2, 0.25) is 0 Å². The van der Waals surface area contributed by atoms with Crippen LogP contribution in [0.5, 0.6) is 0 Å². The van der Waals surface area contributed by atoms with E-state index in [9.17, 15) is 40.2 Å². The maximum atomic E-state index is 13.4. The minimum atomic E-state index is -1.65. The van der Waals surface area contributed by atoms with Crippen molar-refractivity contribution in [3.63, 3.8) is 0 Å². The summed E-state index contributed by atoms with van der Waals surface area (Å²) < 4.78 is 24.5.